The standard InChI is InChI=1S/C27H37F2N3O5/c28-27(29)37-20-8-6-19(7-9-20)31-22-4-2-1-3-17(22)13-16-5-10-21-18(14-16)15-32(26(21)36)23(25(30)35)11-12-24(33)34/h5,10,14,17,19-20,22-23,27,31H,1-4,6-9,11-13,15H2,(H2,30,35)(H,33,34)/t17-,19?,20?,22+,23+/m1/s1. The van der Waals surface area contributed by atoms with E-state index in [4.69, 9.17) is 15.6 Å². The number of fused-ring (bicyclic) bond motifs is 1. The van der Waals surface area contributed by atoms with Crippen LogP contribution in [0.25, 0.3) is 0 Å². The second-order valence-corrected chi connectivity index (χ2v) is 10.7. The van der Waals surface area contributed by atoms with Gasteiger partial charge in [-0.15, -0.1) is 0 Å². The molecule has 0 aromatic heterocycles. The van der Waals surface area contributed by atoms with Gasteiger partial charge < -0.3 is 25.8 Å². The Kier molecular flexibility index (Phi) is 9.13. The first kappa shape index (κ1) is 27.4. The van der Waals surface area contributed by atoms with Crippen molar-refractivity contribution in [3.63, 3.8) is 0 Å². The summed E-state index contributed by atoms with van der Waals surface area (Å²) in [5.74, 6) is -1.60. The van der Waals surface area contributed by atoms with E-state index in [1.165, 1.54) is 11.3 Å². The average molecular weight is 522 g/mol. The number of hydrogen-bond donors (Lipinski definition) is 3. The molecule has 2 fully saturated rings. The van der Waals surface area contributed by atoms with Crippen molar-refractivity contribution >= 4 is 17.8 Å². The molecule has 0 spiro atoms. The van der Waals surface area contributed by atoms with Gasteiger partial charge in [-0.3, -0.25) is 14.4 Å². The first-order valence-electron chi connectivity index (χ1n) is 13.3. The van der Waals surface area contributed by atoms with Gasteiger partial charge >= 0.3 is 12.6 Å². The van der Waals surface area contributed by atoms with Gasteiger partial charge in [-0.2, -0.15) is 8.78 Å². The number of rotatable bonds is 11. The van der Waals surface area contributed by atoms with Gasteiger partial charge in [-0.1, -0.05) is 25.0 Å². The molecule has 204 valence electrons. The second-order valence-electron chi connectivity index (χ2n) is 10.7. The van der Waals surface area contributed by atoms with Gasteiger partial charge in [0.15, 0.2) is 0 Å². The summed E-state index contributed by atoms with van der Waals surface area (Å²) in [6.45, 7) is -2.47. The number of carboxylic acid groups (broad SMARTS) is 1. The minimum absolute atomic E-state index is 0.0111. The van der Waals surface area contributed by atoms with Gasteiger partial charge in [0.1, 0.15) is 6.04 Å². The quantitative estimate of drug-likeness (QED) is 0.409. The van der Waals surface area contributed by atoms with Crippen LogP contribution in [0.1, 0.15) is 85.7 Å². The highest BCUT2D eigenvalue weighted by Crippen LogP contribution is 2.33. The van der Waals surface area contributed by atoms with Crippen LogP contribution in [0.4, 0.5) is 8.78 Å². The molecule has 0 bridgehead atoms. The molecule has 0 radical (unpaired) electrons. The number of aliphatic carboxylic acids is 1. The maximum absolute atomic E-state index is 13.0. The van der Waals surface area contributed by atoms with Gasteiger partial charge in [0.05, 0.1) is 6.10 Å². The molecule has 1 aliphatic heterocycles. The van der Waals surface area contributed by atoms with Gasteiger partial charge in [0.25, 0.3) is 5.91 Å². The van der Waals surface area contributed by atoms with Crippen molar-refractivity contribution in [3.8, 4) is 0 Å². The summed E-state index contributed by atoms with van der Waals surface area (Å²) < 4.78 is 29.7. The Bertz CT molecular complexity index is 983. The fraction of sp³-hybridized carbons (Fsp3) is 0.667. The maximum atomic E-state index is 13.0. The van der Waals surface area contributed by atoms with Crippen molar-refractivity contribution in [2.75, 3.05) is 0 Å². The lowest BCUT2D eigenvalue weighted by molar-refractivity contribution is -0.170. The van der Waals surface area contributed by atoms with Crippen molar-refractivity contribution in [2.24, 2.45) is 11.7 Å². The van der Waals surface area contributed by atoms with E-state index in [9.17, 15) is 23.2 Å². The fourth-order valence-corrected chi connectivity index (χ4v) is 6.28. The summed E-state index contributed by atoms with van der Waals surface area (Å²) in [7, 11) is 0. The third kappa shape index (κ3) is 7.04. The summed E-state index contributed by atoms with van der Waals surface area (Å²) in [4.78, 5) is 37.3. The van der Waals surface area contributed by atoms with E-state index >= 15 is 0 Å². The zero-order valence-electron chi connectivity index (χ0n) is 21.0. The molecule has 2 amide bonds. The van der Waals surface area contributed by atoms with Crippen LogP contribution >= 0.6 is 0 Å². The summed E-state index contributed by atoms with van der Waals surface area (Å²) in [6, 6.07) is 5.51. The average Bonchev–Trinajstić information content (AvgIpc) is 3.16. The molecular weight excluding hydrogens is 484 g/mol. The van der Waals surface area contributed by atoms with Gasteiger partial charge in [-0.25, -0.2) is 0 Å². The monoisotopic (exact) mass is 521 g/mol. The molecule has 8 nitrogen and oxygen atoms in total. The van der Waals surface area contributed by atoms with Crippen LogP contribution in [-0.4, -0.2) is 58.6 Å². The first-order chi connectivity index (χ1) is 17.7. The molecule has 0 saturated heterocycles. The number of nitrogens with one attached hydrogen (secondary N) is 1. The Morgan fingerprint density at radius 2 is 1.86 bits per heavy atom. The largest absolute Gasteiger partial charge is 0.481 e. The van der Waals surface area contributed by atoms with Crippen LogP contribution in [0, 0.1) is 5.92 Å². The smallest absolute Gasteiger partial charge is 0.345 e. The molecule has 10 heteroatoms. The molecule has 0 unspecified atom stereocenters. The molecule has 3 atom stereocenters. The first-order valence-corrected chi connectivity index (χ1v) is 13.3. The Morgan fingerprint density at radius 1 is 1.14 bits per heavy atom. The predicted octanol–water partition coefficient (Wildman–Crippen LogP) is 3.60. The summed E-state index contributed by atoms with van der Waals surface area (Å²) in [6.07, 6.45) is 7.73. The third-order valence-corrected chi connectivity index (χ3v) is 8.16. The van der Waals surface area contributed by atoms with Crippen molar-refractivity contribution in [2.45, 2.75) is 108 Å². The molecule has 4 rings (SSSR count). The molecule has 2 saturated carbocycles. The summed E-state index contributed by atoms with van der Waals surface area (Å²) in [5, 5.41) is 12.8. The number of hydrogen-bond acceptors (Lipinski definition) is 5. The van der Waals surface area contributed by atoms with E-state index < -0.39 is 24.5 Å². The van der Waals surface area contributed by atoms with Crippen LogP contribution in [0.15, 0.2) is 18.2 Å². The molecule has 2 aliphatic carbocycles. The lowest BCUT2D eigenvalue weighted by Gasteiger charge is -2.38. The number of primary amides is 1. The number of benzene rings is 1. The highest BCUT2D eigenvalue weighted by atomic mass is 19.3. The van der Waals surface area contributed by atoms with Crippen molar-refractivity contribution in [1.29, 1.82) is 0 Å². The Balaban J connectivity index is 1.37. The van der Waals surface area contributed by atoms with E-state index in [2.05, 4.69) is 5.32 Å². The number of carbonyl (C=O) groups excluding carboxylic acids is 2. The fourth-order valence-electron chi connectivity index (χ4n) is 6.28. The lowest BCUT2D eigenvalue weighted by atomic mass is 9.79. The zero-order valence-corrected chi connectivity index (χ0v) is 21.0. The molecule has 37 heavy (non-hydrogen) atoms. The van der Waals surface area contributed by atoms with E-state index in [1.54, 1.807) is 6.07 Å². The van der Waals surface area contributed by atoms with Crippen LogP contribution < -0.4 is 11.1 Å². The molecule has 1 aromatic carbocycles. The molecule has 1 heterocycles. The number of nitrogens with zero attached hydrogens (tertiary/aromatic N) is 1. The Morgan fingerprint density at radius 3 is 2.54 bits per heavy atom. The topological polar surface area (TPSA) is 122 Å². The minimum Gasteiger partial charge on any atom is -0.481 e. The Hall–Kier alpha value is -2.59. The number of carboxylic acids is 1. The zero-order chi connectivity index (χ0) is 26.5. The van der Waals surface area contributed by atoms with Crippen LogP contribution in [0.5, 0.6) is 0 Å². The normalized spacial score (nSPS) is 26.8. The van der Waals surface area contributed by atoms with Gasteiger partial charge in [0.2, 0.25) is 5.91 Å². The number of ether oxygens (including phenoxy) is 1. The third-order valence-electron chi connectivity index (χ3n) is 8.16. The maximum Gasteiger partial charge on any atom is 0.345 e. The van der Waals surface area contributed by atoms with Crippen LogP contribution in [0.3, 0.4) is 0 Å². The summed E-state index contributed by atoms with van der Waals surface area (Å²) >= 11 is 0. The van der Waals surface area contributed by atoms with Gasteiger partial charge in [0, 0.05) is 30.6 Å². The summed E-state index contributed by atoms with van der Waals surface area (Å²) in [5.41, 5.74) is 8.00. The van der Waals surface area contributed by atoms with Crippen LogP contribution in [0.2, 0.25) is 0 Å². The Labute approximate surface area is 215 Å². The number of alkyl halides is 2. The molecular formula is C27H37F2N3O5. The number of halogens is 2. The number of carbonyl (C=O) groups is 3. The van der Waals surface area contributed by atoms with Crippen molar-refractivity contribution in [3.05, 3.63) is 34.9 Å². The van der Waals surface area contributed by atoms with Crippen LogP contribution in [-0.2, 0) is 27.3 Å². The van der Waals surface area contributed by atoms with E-state index in [0.29, 0.717) is 36.4 Å². The second kappa shape index (κ2) is 12.3. The number of nitrogens with two attached hydrogens (primary N) is 1. The SMILES string of the molecule is NC(=O)[C@H](CCC(=O)O)N1Cc2cc(C[C@H]3CCCC[C@@H]3NC3CCC(OC(F)F)CC3)ccc2C1=O. The molecule has 3 aliphatic rings. The van der Waals surface area contributed by atoms with Crippen molar-refractivity contribution in [1.82, 2.24) is 10.2 Å². The van der Waals surface area contributed by atoms with E-state index in [0.717, 1.165) is 49.7 Å². The van der Waals surface area contributed by atoms with E-state index in [-0.39, 0.29) is 31.4 Å². The number of amides is 2. The highest BCUT2D eigenvalue weighted by molar-refractivity contribution is 6.01. The van der Waals surface area contributed by atoms with Gasteiger partial charge in [-0.05, 0) is 74.5 Å². The lowest BCUT2D eigenvalue weighted by Crippen LogP contribution is -2.47. The predicted molar refractivity (Wildman–Crippen MR) is 132 cm³/mol. The minimum atomic E-state index is -2.71. The molecule has 1 aromatic rings. The molecule has 4 N–H and O–H groups in total. The highest BCUT2D eigenvalue weighted by Gasteiger charge is 2.36. The van der Waals surface area contributed by atoms with E-state index in [1.807, 2.05) is 12.1 Å². The van der Waals surface area contributed by atoms with Crippen molar-refractivity contribution < 1.29 is 33.0 Å².